The molecule has 0 fully saturated rings. The van der Waals surface area contributed by atoms with Crippen molar-refractivity contribution in [3.8, 4) is 0 Å². The average molecular weight is 387 g/mol. The van der Waals surface area contributed by atoms with Crippen LogP contribution in [0.4, 0.5) is 10.5 Å². The minimum absolute atomic E-state index is 0.279. The Morgan fingerprint density at radius 3 is 2.14 bits per heavy atom. The number of benzene rings is 3. The summed E-state index contributed by atoms with van der Waals surface area (Å²) in [6.45, 7) is 2.75. The van der Waals surface area contributed by atoms with E-state index in [0.717, 1.165) is 17.7 Å². The molecule has 141 valence electrons. The molecule has 0 aromatic heterocycles. The summed E-state index contributed by atoms with van der Waals surface area (Å²) in [6, 6.07) is 28.1. The number of anilines is 1. The normalized spacial score (nSPS) is 16.0. The van der Waals surface area contributed by atoms with Crippen molar-refractivity contribution >= 4 is 31.0 Å². The third-order valence-corrected chi connectivity index (χ3v) is 8.61. The van der Waals surface area contributed by atoms with Crippen LogP contribution in [0.2, 0.25) is 0 Å². The lowest BCUT2D eigenvalue weighted by molar-refractivity contribution is 0.178. The van der Waals surface area contributed by atoms with Gasteiger partial charge in [0.25, 0.3) is 0 Å². The molecule has 3 aromatic carbocycles. The standard InChI is InChI=1S/C24H24NO2Si/c1-18-13-14-21-22(17-18)25(24(26)27-2)16-15-23(21)28(19-9-5-3-6-10-19)20-11-7-4-8-12-20/h3-14,17,23H,15-16H2,1-2H3/t23-/m1/s1. The number of amides is 1. The second-order valence-corrected chi connectivity index (χ2v) is 9.85. The third kappa shape index (κ3) is 3.48. The molecule has 4 heteroatoms. The van der Waals surface area contributed by atoms with E-state index in [1.54, 1.807) is 4.90 Å². The van der Waals surface area contributed by atoms with Gasteiger partial charge in [-0.3, -0.25) is 4.90 Å². The lowest BCUT2D eigenvalue weighted by Crippen LogP contribution is -2.50. The number of aryl methyl sites for hydroxylation is 1. The van der Waals surface area contributed by atoms with E-state index in [9.17, 15) is 4.79 Å². The number of rotatable bonds is 3. The van der Waals surface area contributed by atoms with E-state index in [0.29, 0.717) is 12.1 Å². The van der Waals surface area contributed by atoms with Crippen molar-refractivity contribution in [3.63, 3.8) is 0 Å². The molecule has 1 aliphatic rings. The molecule has 0 bridgehead atoms. The number of ether oxygens (including phenoxy) is 1. The molecular formula is C24H24NO2Si. The molecule has 28 heavy (non-hydrogen) atoms. The van der Waals surface area contributed by atoms with Gasteiger partial charge in [-0.2, -0.15) is 0 Å². The topological polar surface area (TPSA) is 29.5 Å². The highest BCUT2D eigenvalue weighted by molar-refractivity contribution is 6.86. The van der Waals surface area contributed by atoms with Crippen molar-refractivity contribution in [3.05, 3.63) is 90.0 Å². The van der Waals surface area contributed by atoms with Gasteiger partial charge in [0.15, 0.2) is 0 Å². The summed E-state index contributed by atoms with van der Waals surface area (Å²) in [4.78, 5) is 14.2. The summed E-state index contributed by atoms with van der Waals surface area (Å²) in [5.41, 5.74) is 3.80. The minimum Gasteiger partial charge on any atom is -0.452 e. The Labute approximate surface area is 168 Å². The maximum atomic E-state index is 12.4. The summed E-state index contributed by atoms with van der Waals surface area (Å²) in [7, 11) is 0.393. The molecule has 1 atom stereocenters. The first-order valence-corrected chi connectivity index (χ1v) is 11.2. The lowest BCUT2D eigenvalue weighted by Gasteiger charge is -2.37. The van der Waals surface area contributed by atoms with Gasteiger partial charge in [0.05, 0.1) is 12.8 Å². The van der Waals surface area contributed by atoms with Crippen LogP contribution in [0.15, 0.2) is 78.9 Å². The summed E-state index contributed by atoms with van der Waals surface area (Å²) in [6.07, 6.45) is 0.655. The van der Waals surface area contributed by atoms with Gasteiger partial charge >= 0.3 is 6.09 Å². The molecule has 0 unspecified atom stereocenters. The lowest BCUT2D eigenvalue weighted by atomic mass is 9.99. The number of methoxy groups -OCH3 is 1. The predicted molar refractivity (Wildman–Crippen MR) is 116 cm³/mol. The maximum absolute atomic E-state index is 12.4. The molecule has 1 radical (unpaired) electrons. The maximum Gasteiger partial charge on any atom is 0.414 e. The van der Waals surface area contributed by atoms with Gasteiger partial charge in [0.2, 0.25) is 0 Å². The fraction of sp³-hybridized carbons (Fsp3) is 0.208. The van der Waals surface area contributed by atoms with Crippen LogP contribution in [0.25, 0.3) is 0 Å². The van der Waals surface area contributed by atoms with E-state index in [4.69, 9.17) is 4.74 Å². The highest BCUT2D eigenvalue weighted by Gasteiger charge is 2.36. The van der Waals surface area contributed by atoms with Gasteiger partial charge < -0.3 is 4.74 Å². The van der Waals surface area contributed by atoms with Crippen molar-refractivity contribution in [2.24, 2.45) is 0 Å². The van der Waals surface area contributed by atoms with E-state index >= 15 is 0 Å². The summed E-state index contributed by atoms with van der Waals surface area (Å²) < 4.78 is 5.05. The fourth-order valence-electron chi connectivity index (χ4n) is 4.12. The number of fused-ring (bicyclic) bond motifs is 1. The Morgan fingerprint density at radius 2 is 1.57 bits per heavy atom. The molecule has 0 spiro atoms. The Hall–Kier alpha value is -2.85. The molecule has 1 aliphatic heterocycles. The average Bonchev–Trinajstić information content (AvgIpc) is 2.75. The van der Waals surface area contributed by atoms with Crippen LogP contribution < -0.4 is 15.3 Å². The SMILES string of the molecule is COC(=O)N1CC[C@@H]([Si](c2ccccc2)c2ccccc2)c2ccc(C)cc21. The molecule has 3 aromatic rings. The van der Waals surface area contributed by atoms with Crippen LogP contribution in [0, 0.1) is 6.92 Å². The highest BCUT2D eigenvalue weighted by atomic mass is 28.3. The first-order valence-electron chi connectivity index (χ1n) is 9.62. The Balaban J connectivity index is 1.85. The van der Waals surface area contributed by atoms with Crippen LogP contribution in [0.1, 0.15) is 23.1 Å². The number of hydrogen-bond acceptors (Lipinski definition) is 2. The molecule has 3 nitrogen and oxygen atoms in total. The van der Waals surface area contributed by atoms with Gasteiger partial charge in [-0.15, -0.1) is 0 Å². The van der Waals surface area contributed by atoms with Crippen LogP contribution in [0.3, 0.4) is 0 Å². The molecular weight excluding hydrogens is 362 g/mol. The Kier molecular flexibility index (Phi) is 5.31. The van der Waals surface area contributed by atoms with Crippen LogP contribution in [-0.4, -0.2) is 28.5 Å². The Bertz CT molecular complexity index is 919. The molecule has 0 N–H and O–H groups in total. The molecule has 4 rings (SSSR count). The molecule has 1 amide bonds. The first kappa shape index (κ1) is 18.5. The summed E-state index contributed by atoms with van der Waals surface area (Å²) in [5, 5.41) is 2.81. The number of carbonyl (C=O) groups excluding carboxylic acids is 1. The largest absolute Gasteiger partial charge is 0.452 e. The predicted octanol–water partition coefficient (Wildman–Crippen LogP) is 3.90. The molecule has 0 saturated carbocycles. The minimum atomic E-state index is -1.06. The van der Waals surface area contributed by atoms with Crippen LogP contribution >= 0.6 is 0 Å². The van der Waals surface area contributed by atoms with Gasteiger partial charge in [0.1, 0.15) is 8.80 Å². The molecule has 1 heterocycles. The second-order valence-electron chi connectivity index (χ2n) is 7.17. The summed E-state index contributed by atoms with van der Waals surface area (Å²) >= 11 is 0. The van der Waals surface area contributed by atoms with E-state index < -0.39 is 8.80 Å². The zero-order valence-electron chi connectivity index (χ0n) is 16.3. The van der Waals surface area contributed by atoms with Crippen LogP contribution in [-0.2, 0) is 4.74 Å². The van der Waals surface area contributed by atoms with E-state index in [-0.39, 0.29) is 6.09 Å². The van der Waals surface area contributed by atoms with Gasteiger partial charge in [-0.25, -0.2) is 4.79 Å². The molecule has 0 saturated heterocycles. The fourth-order valence-corrected chi connectivity index (χ4v) is 7.33. The number of nitrogens with zero attached hydrogens (tertiary/aromatic N) is 1. The van der Waals surface area contributed by atoms with Crippen molar-refractivity contribution in [1.29, 1.82) is 0 Å². The number of carbonyl (C=O) groups is 1. The van der Waals surface area contributed by atoms with E-state index in [1.807, 2.05) is 0 Å². The van der Waals surface area contributed by atoms with E-state index in [1.165, 1.54) is 23.0 Å². The monoisotopic (exact) mass is 386 g/mol. The quantitative estimate of drug-likeness (QED) is 0.639. The van der Waals surface area contributed by atoms with Crippen molar-refractivity contribution in [2.45, 2.75) is 18.9 Å². The smallest absolute Gasteiger partial charge is 0.414 e. The van der Waals surface area contributed by atoms with Crippen molar-refractivity contribution < 1.29 is 9.53 Å². The van der Waals surface area contributed by atoms with Gasteiger partial charge in [0, 0.05) is 6.54 Å². The summed E-state index contributed by atoms with van der Waals surface area (Å²) in [5.74, 6) is 0. The zero-order valence-corrected chi connectivity index (χ0v) is 17.3. The van der Waals surface area contributed by atoms with Crippen LogP contribution in [0.5, 0.6) is 0 Å². The Morgan fingerprint density at radius 1 is 0.964 bits per heavy atom. The third-order valence-electron chi connectivity index (χ3n) is 5.41. The highest BCUT2D eigenvalue weighted by Crippen LogP contribution is 2.37. The zero-order chi connectivity index (χ0) is 19.5. The van der Waals surface area contributed by atoms with E-state index in [2.05, 4.69) is 85.8 Å². The van der Waals surface area contributed by atoms with Crippen molar-refractivity contribution in [2.75, 3.05) is 18.6 Å². The van der Waals surface area contributed by atoms with Gasteiger partial charge in [-0.05, 0) is 36.1 Å². The van der Waals surface area contributed by atoms with Gasteiger partial charge in [-0.1, -0.05) is 83.2 Å². The van der Waals surface area contributed by atoms with Crippen molar-refractivity contribution in [1.82, 2.24) is 0 Å². The first-order chi connectivity index (χ1) is 13.7. The molecule has 0 aliphatic carbocycles. The number of hydrogen-bond donors (Lipinski definition) is 0. The second kappa shape index (κ2) is 8.03.